The molecule has 0 radical (unpaired) electrons. The van der Waals surface area contributed by atoms with E-state index in [1.807, 2.05) is 12.1 Å². The van der Waals surface area contributed by atoms with Crippen LogP contribution in [0.1, 0.15) is 44.2 Å². The molecular formula is C20H24FNO5S. The SMILES string of the molecule is CCOC(=O)C(C)(C[C@H]1CC(c2ccc(C#CCCF)cc2)=NO1)S(C)(=O)=O. The average molecular weight is 409 g/mol. The van der Waals surface area contributed by atoms with E-state index in [0.717, 1.165) is 17.4 Å². The zero-order valence-corrected chi connectivity index (χ0v) is 17.0. The molecule has 0 N–H and O–H groups in total. The minimum atomic E-state index is -3.72. The van der Waals surface area contributed by atoms with Gasteiger partial charge in [0.05, 0.1) is 12.3 Å². The quantitative estimate of drug-likeness (QED) is 0.511. The van der Waals surface area contributed by atoms with Crippen LogP contribution >= 0.6 is 0 Å². The Morgan fingerprint density at radius 3 is 2.64 bits per heavy atom. The molecule has 2 rings (SSSR count). The minimum absolute atomic E-state index is 0.0511. The molecular weight excluding hydrogens is 385 g/mol. The van der Waals surface area contributed by atoms with Gasteiger partial charge in [0.1, 0.15) is 12.8 Å². The van der Waals surface area contributed by atoms with Crippen LogP contribution in [0.4, 0.5) is 4.39 Å². The summed E-state index contributed by atoms with van der Waals surface area (Å²) in [6.45, 7) is 2.60. The Morgan fingerprint density at radius 2 is 2.07 bits per heavy atom. The number of halogens is 1. The van der Waals surface area contributed by atoms with E-state index in [-0.39, 0.29) is 19.4 Å². The molecule has 0 fully saturated rings. The molecule has 0 aromatic heterocycles. The third-order valence-corrected chi connectivity index (χ3v) is 6.52. The highest BCUT2D eigenvalue weighted by molar-refractivity contribution is 7.92. The molecule has 8 heteroatoms. The fourth-order valence-corrected chi connectivity index (χ4v) is 3.62. The molecule has 0 aliphatic carbocycles. The van der Waals surface area contributed by atoms with Crippen LogP contribution in [0.5, 0.6) is 0 Å². The van der Waals surface area contributed by atoms with Crippen LogP contribution in [-0.4, -0.2) is 50.5 Å². The number of hydrogen-bond donors (Lipinski definition) is 0. The summed E-state index contributed by atoms with van der Waals surface area (Å²) < 4.78 is 39.8. The third kappa shape index (κ3) is 5.10. The van der Waals surface area contributed by atoms with Gasteiger partial charge >= 0.3 is 5.97 Å². The zero-order chi connectivity index (χ0) is 20.8. The van der Waals surface area contributed by atoms with Gasteiger partial charge in [-0.15, -0.1) is 0 Å². The van der Waals surface area contributed by atoms with Gasteiger partial charge in [0, 0.05) is 31.1 Å². The molecule has 28 heavy (non-hydrogen) atoms. The molecule has 1 aliphatic heterocycles. The lowest BCUT2D eigenvalue weighted by atomic mass is 9.97. The Labute approximate surface area is 165 Å². The first kappa shape index (κ1) is 21.9. The first-order valence-electron chi connectivity index (χ1n) is 8.96. The molecule has 0 bridgehead atoms. The maximum absolute atomic E-state index is 12.3. The molecule has 0 saturated carbocycles. The molecule has 0 amide bonds. The standard InChI is InChI=1S/C20H24FNO5S/c1-4-26-19(23)20(2,28(3,24)25)14-17-13-18(22-27-17)16-10-8-15(9-11-16)7-5-6-12-21/h8-11,17H,4,6,12-14H2,1-3H3/t17-,20?/m1/s1. The summed E-state index contributed by atoms with van der Waals surface area (Å²) in [4.78, 5) is 17.7. The molecule has 152 valence electrons. The van der Waals surface area contributed by atoms with E-state index in [9.17, 15) is 17.6 Å². The second-order valence-electron chi connectivity index (χ2n) is 6.72. The van der Waals surface area contributed by atoms with E-state index in [2.05, 4.69) is 17.0 Å². The number of hydrogen-bond acceptors (Lipinski definition) is 6. The van der Waals surface area contributed by atoms with Gasteiger partial charge in [0.25, 0.3) is 0 Å². The normalized spacial score (nSPS) is 18.3. The Bertz CT molecular complexity index is 899. The van der Waals surface area contributed by atoms with Gasteiger partial charge in [0.15, 0.2) is 14.6 Å². The van der Waals surface area contributed by atoms with Crippen molar-refractivity contribution in [1.82, 2.24) is 0 Å². The Hall–Kier alpha value is -2.40. The lowest BCUT2D eigenvalue weighted by Crippen LogP contribution is -2.47. The van der Waals surface area contributed by atoms with Gasteiger partial charge in [-0.2, -0.15) is 0 Å². The van der Waals surface area contributed by atoms with Gasteiger partial charge in [0.2, 0.25) is 0 Å². The van der Waals surface area contributed by atoms with Gasteiger partial charge in [-0.05, 0) is 31.5 Å². The van der Waals surface area contributed by atoms with Crippen LogP contribution in [0.2, 0.25) is 0 Å². The van der Waals surface area contributed by atoms with Crippen molar-refractivity contribution in [3.05, 3.63) is 35.4 Å². The van der Waals surface area contributed by atoms with Crippen LogP contribution in [0.15, 0.2) is 29.4 Å². The van der Waals surface area contributed by atoms with Crippen molar-refractivity contribution in [2.75, 3.05) is 19.5 Å². The first-order chi connectivity index (χ1) is 13.2. The van der Waals surface area contributed by atoms with Crippen molar-refractivity contribution in [2.24, 2.45) is 5.16 Å². The second-order valence-corrected chi connectivity index (χ2v) is 9.16. The predicted molar refractivity (Wildman–Crippen MR) is 104 cm³/mol. The van der Waals surface area contributed by atoms with Gasteiger partial charge in [-0.3, -0.25) is 9.18 Å². The number of carbonyl (C=O) groups is 1. The van der Waals surface area contributed by atoms with Crippen molar-refractivity contribution in [1.29, 1.82) is 0 Å². The van der Waals surface area contributed by atoms with Gasteiger partial charge in [-0.25, -0.2) is 8.42 Å². The summed E-state index contributed by atoms with van der Waals surface area (Å²) in [5, 5.41) is 4.05. The van der Waals surface area contributed by atoms with E-state index in [1.165, 1.54) is 6.92 Å². The zero-order valence-electron chi connectivity index (χ0n) is 16.2. The molecule has 1 aromatic carbocycles. The number of alkyl halides is 1. The number of esters is 1. The number of sulfone groups is 1. The number of rotatable bonds is 7. The Balaban J connectivity index is 2.08. The monoisotopic (exact) mass is 409 g/mol. The number of benzene rings is 1. The van der Waals surface area contributed by atoms with Crippen molar-refractivity contribution in [3.8, 4) is 11.8 Å². The molecule has 1 aromatic rings. The minimum Gasteiger partial charge on any atom is -0.465 e. The Morgan fingerprint density at radius 1 is 1.39 bits per heavy atom. The van der Waals surface area contributed by atoms with Crippen molar-refractivity contribution in [3.63, 3.8) is 0 Å². The summed E-state index contributed by atoms with van der Waals surface area (Å²) in [6, 6.07) is 7.25. The summed E-state index contributed by atoms with van der Waals surface area (Å²) in [7, 11) is -3.72. The highest BCUT2D eigenvalue weighted by Crippen LogP contribution is 2.30. The van der Waals surface area contributed by atoms with Crippen LogP contribution in [0.25, 0.3) is 0 Å². The number of oxime groups is 1. The van der Waals surface area contributed by atoms with E-state index in [4.69, 9.17) is 9.57 Å². The maximum atomic E-state index is 12.3. The fraction of sp³-hybridized carbons (Fsp3) is 0.500. The molecule has 0 saturated heterocycles. The fourth-order valence-electron chi connectivity index (χ4n) is 2.77. The predicted octanol–water partition coefficient (Wildman–Crippen LogP) is 2.65. The second kappa shape index (κ2) is 9.20. The largest absolute Gasteiger partial charge is 0.465 e. The first-order valence-corrected chi connectivity index (χ1v) is 10.8. The molecule has 2 atom stereocenters. The summed E-state index contributed by atoms with van der Waals surface area (Å²) >= 11 is 0. The molecule has 0 spiro atoms. The number of ether oxygens (including phenoxy) is 1. The van der Waals surface area contributed by atoms with E-state index in [0.29, 0.717) is 12.1 Å². The number of carbonyl (C=O) groups excluding carboxylic acids is 1. The molecule has 1 heterocycles. The molecule has 1 unspecified atom stereocenters. The van der Waals surface area contributed by atoms with Crippen LogP contribution < -0.4 is 0 Å². The summed E-state index contributed by atoms with van der Waals surface area (Å²) in [5.74, 6) is 4.81. The Kier molecular flexibility index (Phi) is 7.19. The van der Waals surface area contributed by atoms with E-state index >= 15 is 0 Å². The van der Waals surface area contributed by atoms with Gasteiger partial charge < -0.3 is 9.57 Å². The van der Waals surface area contributed by atoms with Crippen LogP contribution in [-0.2, 0) is 24.2 Å². The lowest BCUT2D eigenvalue weighted by molar-refractivity contribution is -0.146. The van der Waals surface area contributed by atoms with E-state index in [1.54, 1.807) is 19.1 Å². The summed E-state index contributed by atoms with van der Waals surface area (Å²) in [6.07, 6.45) is 0.984. The smallest absolute Gasteiger partial charge is 0.327 e. The van der Waals surface area contributed by atoms with Crippen molar-refractivity contribution in [2.45, 2.75) is 44.0 Å². The van der Waals surface area contributed by atoms with E-state index < -0.39 is 33.3 Å². The highest BCUT2D eigenvalue weighted by atomic mass is 32.2. The summed E-state index contributed by atoms with van der Waals surface area (Å²) in [5.41, 5.74) is 2.24. The van der Waals surface area contributed by atoms with Crippen molar-refractivity contribution >= 4 is 21.5 Å². The van der Waals surface area contributed by atoms with Crippen molar-refractivity contribution < 1.29 is 27.2 Å². The van der Waals surface area contributed by atoms with Gasteiger partial charge in [-0.1, -0.05) is 29.1 Å². The molecule has 6 nitrogen and oxygen atoms in total. The average Bonchev–Trinajstić information content (AvgIpc) is 3.10. The lowest BCUT2D eigenvalue weighted by Gasteiger charge is -2.27. The molecule has 1 aliphatic rings. The number of nitrogens with zero attached hydrogens (tertiary/aromatic N) is 1. The van der Waals surface area contributed by atoms with Crippen LogP contribution in [0.3, 0.4) is 0 Å². The van der Waals surface area contributed by atoms with Crippen LogP contribution in [0, 0.1) is 11.8 Å². The third-order valence-electron chi connectivity index (χ3n) is 4.55. The maximum Gasteiger partial charge on any atom is 0.327 e. The topological polar surface area (TPSA) is 82.0 Å². The highest BCUT2D eigenvalue weighted by Gasteiger charge is 2.48.